The SMILES string of the molecule is O=[N+]([O-])[C@@H]1C2CCC(CC2)[C@H]1Sc1ccccc1. The van der Waals surface area contributed by atoms with Crippen molar-refractivity contribution in [3.05, 3.63) is 40.4 Å². The Bertz CT molecular complexity index is 429. The number of fused-ring (bicyclic) bond motifs is 3. The van der Waals surface area contributed by atoms with Gasteiger partial charge in [-0.15, -0.1) is 11.8 Å². The van der Waals surface area contributed by atoms with E-state index in [9.17, 15) is 10.1 Å². The highest BCUT2D eigenvalue weighted by Crippen LogP contribution is 2.49. The highest BCUT2D eigenvalue weighted by Gasteiger charge is 2.50. The molecular formula is C14H17NO2S. The van der Waals surface area contributed by atoms with Crippen molar-refractivity contribution in [3.63, 3.8) is 0 Å². The van der Waals surface area contributed by atoms with E-state index in [0.29, 0.717) is 11.8 Å². The first-order valence-electron chi connectivity index (χ1n) is 6.61. The average Bonchev–Trinajstić information content (AvgIpc) is 2.40. The Morgan fingerprint density at radius 3 is 2.28 bits per heavy atom. The topological polar surface area (TPSA) is 43.1 Å². The third-order valence-electron chi connectivity index (χ3n) is 4.36. The number of benzene rings is 1. The molecule has 0 amide bonds. The Hall–Kier alpha value is -1.03. The summed E-state index contributed by atoms with van der Waals surface area (Å²) in [6.07, 6.45) is 4.48. The number of nitrogens with zero attached hydrogens (tertiary/aromatic N) is 1. The zero-order chi connectivity index (χ0) is 12.5. The molecule has 18 heavy (non-hydrogen) atoms. The second-order valence-corrected chi connectivity index (χ2v) is 6.60. The van der Waals surface area contributed by atoms with Crippen LogP contribution in [0.4, 0.5) is 0 Å². The van der Waals surface area contributed by atoms with Gasteiger partial charge in [0.15, 0.2) is 0 Å². The van der Waals surface area contributed by atoms with Crippen LogP contribution in [0.2, 0.25) is 0 Å². The molecule has 3 aliphatic carbocycles. The van der Waals surface area contributed by atoms with Crippen LogP contribution >= 0.6 is 11.8 Å². The lowest BCUT2D eigenvalue weighted by molar-refractivity contribution is -0.538. The molecular weight excluding hydrogens is 246 g/mol. The van der Waals surface area contributed by atoms with Crippen LogP contribution in [0.15, 0.2) is 35.2 Å². The number of nitro groups is 1. The van der Waals surface area contributed by atoms with Crippen LogP contribution < -0.4 is 0 Å². The number of hydrogen-bond acceptors (Lipinski definition) is 3. The summed E-state index contributed by atoms with van der Waals surface area (Å²) in [6.45, 7) is 0. The van der Waals surface area contributed by atoms with Gasteiger partial charge in [0.25, 0.3) is 0 Å². The van der Waals surface area contributed by atoms with Gasteiger partial charge >= 0.3 is 0 Å². The fourth-order valence-electron chi connectivity index (χ4n) is 3.48. The lowest BCUT2D eigenvalue weighted by atomic mass is 9.68. The molecule has 4 rings (SSSR count). The van der Waals surface area contributed by atoms with Crippen molar-refractivity contribution >= 4 is 11.8 Å². The minimum absolute atomic E-state index is 0.0173. The zero-order valence-corrected chi connectivity index (χ0v) is 11.0. The van der Waals surface area contributed by atoms with Crippen molar-refractivity contribution in [2.45, 2.75) is 41.9 Å². The summed E-state index contributed by atoms with van der Waals surface area (Å²) in [4.78, 5) is 12.5. The van der Waals surface area contributed by atoms with Gasteiger partial charge in [-0.25, -0.2) is 0 Å². The molecule has 3 saturated carbocycles. The third-order valence-corrected chi connectivity index (χ3v) is 5.84. The monoisotopic (exact) mass is 263 g/mol. The lowest BCUT2D eigenvalue weighted by Crippen LogP contribution is -2.50. The third kappa shape index (κ3) is 2.14. The summed E-state index contributed by atoms with van der Waals surface area (Å²) in [5.41, 5.74) is 0. The minimum Gasteiger partial charge on any atom is -0.264 e. The molecule has 3 fully saturated rings. The molecule has 0 spiro atoms. The van der Waals surface area contributed by atoms with Crippen LogP contribution in [-0.4, -0.2) is 16.2 Å². The Morgan fingerprint density at radius 1 is 1.06 bits per heavy atom. The molecule has 0 saturated heterocycles. The molecule has 0 aliphatic heterocycles. The number of thioether (sulfide) groups is 1. The standard InChI is InChI=1S/C14H17NO2S/c16-15(17)13-10-6-8-11(9-7-10)14(13)18-12-4-2-1-3-5-12/h1-5,10-11,13-14H,6-9H2/t10?,11?,13-,14-/m1/s1. The Morgan fingerprint density at radius 2 is 1.67 bits per heavy atom. The molecule has 3 nitrogen and oxygen atoms in total. The Balaban J connectivity index is 1.82. The largest absolute Gasteiger partial charge is 0.264 e. The lowest BCUT2D eigenvalue weighted by Gasteiger charge is -2.43. The summed E-state index contributed by atoms with van der Waals surface area (Å²) in [6, 6.07) is 9.79. The van der Waals surface area contributed by atoms with Gasteiger partial charge in [0.2, 0.25) is 6.04 Å². The first-order chi connectivity index (χ1) is 8.75. The van der Waals surface area contributed by atoms with Crippen molar-refractivity contribution in [2.24, 2.45) is 11.8 Å². The second kappa shape index (κ2) is 4.92. The number of rotatable bonds is 3. The summed E-state index contributed by atoms with van der Waals surface area (Å²) >= 11 is 1.72. The van der Waals surface area contributed by atoms with E-state index < -0.39 is 0 Å². The predicted molar refractivity (Wildman–Crippen MR) is 72.3 cm³/mol. The molecule has 0 N–H and O–H groups in total. The van der Waals surface area contributed by atoms with Crippen LogP contribution in [0.3, 0.4) is 0 Å². The molecule has 0 unspecified atom stereocenters. The van der Waals surface area contributed by atoms with Crippen LogP contribution in [0.5, 0.6) is 0 Å². The summed E-state index contributed by atoms with van der Waals surface area (Å²) in [5.74, 6) is 0.849. The average molecular weight is 263 g/mol. The van der Waals surface area contributed by atoms with Crippen LogP contribution in [-0.2, 0) is 0 Å². The van der Waals surface area contributed by atoms with E-state index >= 15 is 0 Å². The van der Waals surface area contributed by atoms with Crippen LogP contribution in [0.1, 0.15) is 25.7 Å². The normalized spacial score (nSPS) is 34.4. The van der Waals surface area contributed by atoms with E-state index in [4.69, 9.17) is 0 Å². The van der Waals surface area contributed by atoms with Gasteiger partial charge in [0.05, 0.1) is 5.25 Å². The summed E-state index contributed by atoms with van der Waals surface area (Å²) in [5, 5.41) is 11.5. The van der Waals surface area contributed by atoms with Gasteiger partial charge in [0, 0.05) is 15.7 Å². The predicted octanol–water partition coefficient (Wildman–Crippen LogP) is 3.61. The van der Waals surface area contributed by atoms with Crippen molar-refractivity contribution in [2.75, 3.05) is 0 Å². The second-order valence-electron chi connectivity index (χ2n) is 5.35. The molecule has 1 aromatic rings. The maximum absolute atomic E-state index is 11.3. The Kier molecular flexibility index (Phi) is 3.29. The fourth-order valence-corrected chi connectivity index (χ4v) is 5.03. The molecule has 1 aromatic carbocycles. The van der Waals surface area contributed by atoms with Gasteiger partial charge in [-0.2, -0.15) is 0 Å². The van der Waals surface area contributed by atoms with E-state index in [1.807, 2.05) is 18.2 Å². The smallest absolute Gasteiger partial charge is 0.228 e. The molecule has 3 aliphatic rings. The van der Waals surface area contributed by atoms with Crippen molar-refractivity contribution < 1.29 is 4.92 Å². The minimum atomic E-state index is -0.331. The van der Waals surface area contributed by atoms with Gasteiger partial charge in [0.1, 0.15) is 0 Å². The van der Waals surface area contributed by atoms with Gasteiger partial charge in [-0.3, -0.25) is 10.1 Å². The quantitative estimate of drug-likeness (QED) is 0.618. The number of hydrogen-bond donors (Lipinski definition) is 0. The van der Waals surface area contributed by atoms with Gasteiger partial charge < -0.3 is 0 Å². The van der Waals surface area contributed by atoms with E-state index in [1.165, 1.54) is 17.7 Å². The van der Waals surface area contributed by atoms with E-state index in [1.54, 1.807) is 11.8 Å². The summed E-state index contributed by atoms with van der Waals surface area (Å²) < 4.78 is 0. The van der Waals surface area contributed by atoms with E-state index in [0.717, 1.165) is 12.8 Å². The maximum Gasteiger partial charge on any atom is 0.228 e. The molecule has 0 aromatic heterocycles. The van der Waals surface area contributed by atoms with Crippen molar-refractivity contribution in [1.29, 1.82) is 0 Å². The highest BCUT2D eigenvalue weighted by molar-refractivity contribution is 8.00. The fraction of sp³-hybridized carbons (Fsp3) is 0.571. The van der Waals surface area contributed by atoms with Crippen molar-refractivity contribution in [1.82, 2.24) is 0 Å². The first-order valence-corrected chi connectivity index (χ1v) is 7.49. The van der Waals surface area contributed by atoms with E-state index in [-0.39, 0.29) is 16.2 Å². The zero-order valence-electron chi connectivity index (χ0n) is 10.2. The van der Waals surface area contributed by atoms with E-state index in [2.05, 4.69) is 12.1 Å². The molecule has 96 valence electrons. The van der Waals surface area contributed by atoms with Gasteiger partial charge in [-0.05, 0) is 43.7 Å². The molecule has 0 heterocycles. The van der Waals surface area contributed by atoms with Crippen molar-refractivity contribution in [3.8, 4) is 0 Å². The maximum atomic E-state index is 11.3. The molecule has 4 heteroatoms. The highest BCUT2D eigenvalue weighted by atomic mass is 32.2. The molecule has 2 bridgehead atoms. The van der Waals surface area contributed by atoms with Gasteiger partial charge in [-0.1, -0.05) is 18.2 Å². The van der Waals surface area contributed by atoms with Crippen LogP contribution in [0, 0.1) is 22.0 Å². The molecule has 2 atom stereocenters. The van der Waals surface area contributed by atoms with Crippen LogP contribution in [0.25, 0.3) is 0 Å². The Labute approximate surface area is 111 Å². The first kappa shape index (κ1) is 12.0. The molecule has 0 radical (unpaired) electrons. The summed E-state index contributed by atoms with van der Waals surface area (Å²) in [7, 11) is 0.